The molecule has 4 heterocycles. The third-order valence-corrected chi connectivity index (χ3v) is 6.68. The molecule has 0 aliphatic carbocycles. The highest BCUT2D eigenvalue weighted by Gasteiger charge is 2.33. The maximum atomic E-state index is 6.13. The summed E-state index contributed by atoms with van der Waals surface area (Å²) in [6, 6.07) is 3.87. The number of furan rings is 1. The topological polar surface area (TPSA) is 60.2 Å². The van der Waals surface area contributed by atoms with E-state index in [1.54, 1.807) is 29.4 Å². The molecule has 1 atom stereocenters. The first kappa shape index (κ1) is 17.8. The number of thiophene rings is 1. The van der Waals surface area contributed by atoms with Crippen LogP contribution in [0.1, 0.15) is 43.4 Å². The van der Waals surface area contributed by atoms with E-state index >= 15 is 0 Å². The highest BCUT2D eigenvalue weighted by Crippen LogP contribution is 2.42. The molecule has 0 fully saturated rings. The molecule has 4 rings (SSSR count). The van der Waals surface area contributed by atoms with Crippen LogP contribution in [-0.4, -0.2) is 21.3 Å². The molecule has 5 nitrogen and oxygen atoms in total. The van der Waals surface area contributed by atoms with E-state index in [2.05, 4.69) is 26.1 Å². The second-order valence-corrected chi connectivity index (χ2v) is 8.99. The largest absolute Gasteiger partial charge is 0.467 e. The zero-order chi connectivity index (χ0) is 18.1. The number of hydrogen-bond acceptors (Lipinski definition) is 7. The zero-order valence-corrected chi connectivity index (χ0v) is 16.9. The van der Waals surface area contributed by atoms with Crippen LogP contribution in [0.2, 0.25) is 0 Å². The molecule has 0 spiro atoms. The van der Waals surface area contributed by atoms with E-state index < -0.39 is 0 Å². The highest BCUT2D eigenvalue weighted by molar-refractivity contribution is 7.99. The standard InChI is InChI=1S/C19H23N3O2S2/c1-4-19(3)9-13-14(11-24-19)26-17-15(13)16(21-18(22-17)25-5-2)20-10-12-7-6-8-23-12/h6-8H,4-5,9-11H2,1-3H3,(H,20,21,22). The zero-order valence-electron chi connectivity index (χ0n) is 15.3. The first-order valence-corrected chi connectivity index (χ1v) is 10.8. The van der Waals surface area contributed by atoms with Gasteiger partial charge in [0.05, 0.1) is 30.4 Å². The molecule has 7 heteroatoms. The fraction of sp³-hybridized carbons (Fsp3) is 0.474. The number of aromatic nitrogens is 2. The first-order chi connectivity index (χ1) is 12.6. The lowest BCUT2D eigenvalue weighted by molar-refractivity contribution is -0.0542. The Labute approximate surface area is 161 Å². The molecule has 26 heavy (non-hydrogen) atoms. The second-order valence-electron chi connectivity index (χ2n) is 6.67. The fourth-order valence-corrected chi connectivity index (χ4v) is 4.92. The summed E-state index contributed by atoms with van der Waals surface area (Å²) < 4.78 is 11.6. The lowest BCUT2D eigenvalue weighted by atomic mass is 9.90. The van der Waals surface area contributed by atoms with E-state index in [0.717, 1.165) is 45.5 Å². The van der Waals surface area contributed by atoms with Gasteiger partial charge in [0.15, 0.2) is 5.16 Å². The molecule has 0 amide bonds. The molecule has 0 saturated heterocycles. The number of nitrogens with zero attached hydrogens (tertiary/aromatic N) is 2. The molecule has 1 N–H and O–H groups in total. The van der Waals surface area contributed by atoms with Crippen LogP contribution in [0.5, 0.6) is 0 Å². The molecule has 3 aromatic rings. The summed E-state index contributed by atoms with van der Waals surface area (Å²) in [5.74, 6) is 2.75. The van der Waals surface area contributed by atoms with Crippen molar-refractivity contribution >= 4 is 39.1 Å². The molecule has 0 aromatic carbocycles. The van der Waals surface area contributed by atoms with E-state index in [1.165, 1.54) is 10.4 Å². The summed E-state index contributed by atoms with van der Waals surface area (Å²) in [6.07, 6.45) is 3.59. The summed E-state index contributed by atoms with van der Waals surface area (Å²) in [5.41, 5.74) is 1.23. The molecule has 0 bridgehead atoms. The Hall–Kier alpha value is -1.57. The van der Waals surface area contributed by atoms with Crippen LogP contribution in [0, 0.1) is 0 Å². The van der Waals surface area contributed by atoms with Crippen molar-refractivity contribution in [1.29, 1.82) is 0 Å². The predicted octanol–water partition coefficient (Wildman–Crippen LogP) is 5.25. The minimum Gasteiger partial charge on any atom is -0.467 e. The number of anilines is 1. The maximum Gasteiger partial charge on any atom is 0.190 e. The van der Waals surface area contributed by atoms with E-state index in [1.807, 2.05) is 12.1 Å². The minimum atomic E-state index is -0.115. The van der Waals surface area contributed by atoms with Gasteiger partial charge in [-0.3, -0.25) is 0 Å². The van der Waals surface area contributed by atoms with E-state index in [-0.39, 0.29) is 5.60 Å². The van der Waals surface area contributed by atoms with Crippen LogP contribution in [0.4, 0.5) is 5.82 Å². The third-order valence-electron chi connectivity index (χ3n) is 4.85. The fourth-order valence-electron chi connectivity index (χ4n) is 3.19. The number of thioether (sulfide) groups is 1. The number of nitrogens with one attached hydrogen (secondary N) is 1. The van der Waals surface area contributed by atoms with Gasteiger partial charge in [-0.05, 0) is 36.8 Å². The summed E-state index contributed by atoms with van der Waals surface area (Å²) in [4.78, 5) is 11.9. The lowest BCUT2D eigenvalue weighted by Crippen LogP contribution is -2.33. The highest BCUT2D eigenvalue weighted by atomic mass is 32.2. The van der Waals surface area contributed by atoms with Gasteiger partial charge < -0.3 is 14.5 Å². The number of rotatable bonds is 6. The van der Waals surface area contributed by atoms with Crippen molar-refractivity contribution in [2.75, 3.05) is 11.1 Å². The van der Waals surface area contributed by atoms with Gasteiger partial charge in [0.2, 0.25) is 0 Å². The molecule has 138 valence electrons. The number of hydrogen-bond donors (Lipinski definition) is 1. The molecule has 0 radical (unpaired) electrons. The van der Waals surface area contributed by atoms with Crippen LogP contribution >= 0.6 is 23.1 Å². The monoisotopic (exact) mass is 389 g/mol. The van der Waals surface area contributed by atoms with Crippen LogP contribution < -0.4 is 5.32 Å². The van der Waals surface area contributed by atoms with Crippen molar-refractivity contribution in [1.82, 2.24) is 9.97 Å². The van der Waals surface area contributed by atoms with Crippen LogP contribution in [0.3, 0.4) is 0 Å². The van der Waals surface area contributed by atoms with Gasteiger partial charge in [-0.25, -0.2) is 9.97 Å². The summed E-state index contributed by atoms with van der Waals surface area (Å²) in [5, 5.41) is 5.45. The molecule has 3 aromatic heterocycles. The van der Waals surface area contributed by atoms with Crippen molar-refractivity contribution in [3.8, 4) is 0 Å². The Morgan fingerprint density at radius 2 is 2.23 bits per heavy atom. The van der Waals surface area contributed by atoms with Gasteiger partial charge in [-0.2, -0.15) is 0 Å². The van der Waals surface area contributed by atoms with Gasteiger partial charge in [-0.1, -0.05) is 25.6 Å². The summed E-state index contributed by atoms with van der Waals surface area (Å²) >= 11 is 3.40. The Kier molecular flexibility index (Phi) is 4.94. The van der Waals surface area contributed by atoms with Gasteiger partial charge in [0.1, 0.15) is 16.4 Å². The number of fused-ring (bicyclic) bond motifs is 3. The quantitative estimate of drug-likeness (QED) is 0.459. The Morgan fingerprint density at radius 3 is 2.96 bits per heavy atom. The average molecular weight is 390 g/mol. The molecule has 1 aliphatic heterocycles. The Morgan fingerprint density at radius 1 is 1.35 bits per heavy atom. The van der Waals surface area contributed by atoms with Crippen molar-refractivity contribution in [3.05, 3.63) is 34.6 Å². The summed E-state index contributed by atoms with van der Waals surface area (Å²) in [6.45, 7) is 7.77. The smallest absolute Gasteiger partial charge is 0.190 e. The SMILES string of the molecule is CCSc1nc(NCc2ccco2)c2c3c(sc2n1)COC(C)(CC)C3. The minimum absolute atomic E-state index is 0.115. The van der Waals surface area contributed by atoms with E-state index in [4.69, 9.17) is 19.1 Å². The molecular formula is C19H23N3O2S2. The van der Waals surface area contributed by atoms with Crippen molar-refractivity contribution in [3.63, 3.8) is 0 Å². The van der Waals surface area contributed by atoms with Gasteiger partial charge >= 0.3 is 0 Å². The molecule has 1 aliphatic rings. The Bertz CT molecular complexity index is 907. The van der Waals surface area contributed by atoms with Crippen molar-refractivity contribution in [2.45, 2.75) is 57.5 Å². The molecular weight excluding hydrogens is 366 g/mol. The van der Waals surface area contributed by atoms with Crippen LogP contribution in [0.15, 0.2) is 28.0 Å². The van der Waals surface area contributed by atoms with Crippen LogP contribution in [-0.2, 0) is 24.3 Å². The summed E-state index contributed by atoms with van der Waals surface area (Å²) in [7, 11) is 0. The Balaban J connectivity index is 1.77. The van der Waals surface area contributed by atoms with Crippen molar-refractivity contribution < 1.29 is 9.15 Å². The first-order valence-electron chi connectivity index (χ1n) is 8.97. The second kappa shape index (κ2) is 7.21. The predicted molar refractivity (Wildman–Crippen MR) is 107 cm³/mol. The van der Waals surface area contributed by atoms with E-state index in [9.17, 15) is 0 Å². The average Bonchev–Trinajstić information content (AvgIpc) is 3.27. The number of ether oxygens (including phenoxy) is 1. The lowest BCUT2D eigenvalue weighted by Gasteiger charge is -2.33. The maximum absolute atomic E-state index is 6.13. The van der Waals surface area contributed by atoms with Gasteiger partial charge in [0, 0.05) is 11.3 Å². The molecule has 0 saturated carbocycles. The van der Waals surface area contributed by atoms with Gasteiger partial charge in [-0.15, -0.1) is 11.3 Å². The molecule has 1 unspecified atom stereocenters. The van der Waals surface area contributed by atoms with Gasteiger partial charge in [0.25, 0.3) is 0 Å². The normalized spacial score (nSPS) is 19.7. The van der Waals surface area contributed by atoms with Crippen LogP contribution in [0.25, 0.3) is 10.2 Å². The van der Waals surface area contributed by atoms with Crippen molar-refractivity contribution in [2.24, 2.45) is 0 Å². The third kappa shape index (κ3) is 3.35. The van der Waals surface area contributed by atoms with E-state index in [0.29, 0.717) is 13.2 Å².